The van der Waals surface area contributed by atoms with Crippen molar-refractivity contribution in [1.29, 1.82) is 0 Å². The predicted molar refractivity (Wildman–Crippen MR) is 100 cm³/mol. The number of nitrogens with zero attached hydrogens (tertiary/aromatic N) is 3. The average molecular weight is 387 g/mol. The second-order valence-electron chi connectivity index (χ2n) is 7.19. The molecule has 1 saturated carbocycles. The van der Waals surface area contributed by atoms with Gasteiger partial charge in [0, 0.05) is 30.6 Å². The van der Waals surface area contributed by atoms with Crippen molar-refractivity contribution in [3.63, 3.8) is 0 Å². The summed E-state index contributed by atoms with van der Waals surface area (Å²) in [7, 11) is 0. The van der Waals surface area contributed by atoms with E-state index in [1.165, 1.54) is 19.3 Å². The lowest BCUT2D eigenvalue weighted by atomic mass is 9.99. The van der Waals surface area contributed by atoms with E-state index in [-0.39, 0.29) is 23.0 Å². The fourth-order valence-electron chi connectivity index (χ4n) is 3.80. The number of allylic oxidation sites excluding steroid dienone is 2. The maximum Gasteiger partial charge on any atom is 0.417 e. The summed E-state index contributed by atoms with van der Waals surface area (Å²) in [6, 6.07) is 3.14. The van der Waals surface area contributed by atoms with Crippen LogP contribution in [0, 0.1) is 12.3 Å². The van der Waals surface area contributed by atoms with E-state index in [0.29, 0.717) is 29.7 Å². The third kappa shape index (κ3) is 3.61. The van der Waals surface area contributed by atoms with E-state index in [4.69, 9.17) is 0 Å². The van der Waals surface area contributed by atoms with Crippen LogP contribution in [0.1, 0.15) is 44.9 Å². The molecule has 4 rings (SSSR count). The number of aromatic nitrogens is 3. The summed E-state index contributed by atoms with van der Waals surface area (Å²) in [5.74, 6) is 0.505. The minimum atomic E-state index is -4.49. The summed E-state index contributed by atoms with van der Waals surface area (Å²) < 4.78 is 41.5. The van der Waals surface area contributed by atoms with Crippen LogP contribution in [0.25, 0.3) is 16.5 Å². The van der Waals surface area contributed by atoms with E-state index in [0.717, 1.165) is 25.7 Å². The Labute approximate surface area is 161 Å². The number of anilines is 1. The molecule has 1 aliphatic heterocycles. The van der Waals surface area contributed by atoms with Gasteiger partial charge in [-0.1, -0.05) is 18.4 Å². The maximum atomic E-state index is 13.8. The molecule has 0 spiro atoms. The molecule has 3 heterocycles. The molecule has 146 valence electrons. The van der Waals surface area contributed by atoms with Gasteiger partial charge in [0.15, 0.2) is 5.82 Å². The molecule has 8 heteroatoms. The van der Waals surface area contributed by atoms with E-state index in [2.05, 4.69) is 37.8 Å². The first-order chi connectivity index (χ1) is 13.4. The highest BCUT2D eigenvalue weighted by molar-refractivity contribution is 5.90. The van der Waals surface area contributed by atoms with Gasteiger partial charge in [0.05, 0.1) is 17.2 Å². The van der Waals surface area contributed by atoms with Gasteiger partial charge >= 0.3 is 6.18 Å². The van der Waals surface area contributed by atoms with Gasteiger partial charge in [0.1, 0.15) is 11.3 Å². The SMILES string of the molecule is CC1=C(C(F)(F)F)C(c2nc(NC3CCCC3)c3c#cncc3n2)=CNCC1. The van der Waals surface area contributed by atoms with Crippen LogP contribution in [-0.4, -0.2) is 33.7 Å². The highest BCUT2D eigenvalue weighted by Crippen LogP contribution is 2.39. The Morgan fingerprint density at radius 1 is 1.21 bits per heavy atom. The monoisotopic (exact) mass is 387 g/mol. The zero-order valence-corrected chi connectivity index (χ0v) is 15.5. The van der Waals surface area contributed by atoms with Gasteiger partial charge in [-0.25, -0.2) is 15.0 Å². The Kier molecular flexibility index (Phi) is 4.84. The van der Waals surface area contributed by atoms with Crippen molar-refractivity contribution in [2.24, 2.45) is 0 Å². The Morgan fingerprint density at radius 2 is 2.00 bits per heavy atom. The summed E-state index contributed by atoms with van der Waals surface area (Å²) in [4.78, 5) is 12.8. The topological polar surface area (TPSA) is 62.7 Å². The quantitative estimate of drug-likeness (QED) is 0.827. The van der Waals surface area contributed by atoms with Gasteiger partial charge in [-0.15, -0.1) is 0 Å². The highest BCUT2D eigenvalue weighted by Gasteiger charge is 2.39. The smallest absolute Gasteiger partial charge is 0.390 e. The lowest BCUT2D eigenvalue weighted by Crippen LogP contribution is -2.19. The number of hydrogen-bond donors (Lipinski definition) is 2. The maximum absolute atomic E-state index is 13.8. The Bertz CT molecular complexity index is 942. The zero-order chi connectivity index (χ0) is 19.7. The standard InChI is InChI=1S/C20H20F3N5/c1-12-6-8-24-10-15(17(12)20(21,22)23)19-27-16-11-25-9-7-14(16)18(28-19)26-13-4-2-3-5-13/h10-11,13,24H,2-6,8H2,1H3,(H,26,27,28). The van der Waals surface area contributed by atoms with Crippen molar-refractivity contribution in [3.05, 3.63) is 41.6 Å². The third-order valence-electron chi connectivity index (χ3n) is 5.18. The van der Waals surface area contributed by atoms with Crippen LogP contribution < -0.4 is 10.6 Å². The lowest BCUT2D eigenvalue weighted by molar-refractivity contribution is -0.0879. The summed E-state index contributed by atoms with van der Waals surface area (Å²) in [6.45, 7) is 1.94. The molecular formula is C20H20F3N5. The van der Waals surface area contributed by atoms with Crippen molar-refractivity contribution < 1.29 is 13.2 Å². The van der Waals surface area contributed by atoms with E-state index in [9.17, 15) is 13.2 Å². The summed E-state index contributed by atoms with van der Waals surface area (Å²) in [6.07, 6.45) is 5.56. The molecule has 0 radical (unpaired) electrons. The second-order valence-corrected chi connectivity index (χ2v) is 7.19. The second kappa shape index (κ2) is 7.30. The summed E-state index contributed by atoms with van der Waals surface area (Å²) >= 11 is 0. The highest BCUT2D eigenvalue weighted by atomic mass is 19.4. The molecule has 2 aromatic heterocycles. The Balaban J connectivity index is 1.85. The van der Waals surface area contributed by atoms with Crippen molar-refractivity contribution in [2.75, 3.05) is 11.9 Å². The minimum Gasteiger partial charge on any atom is -0.390 e. The van der Waals surface area contributed by atoms with E-state index in [1.54, 1.807) is 0 Å². The Hall–Kier alpha value is -2.82. The number of halogens is 3. The van der Waals surface area contributed by atoms with Gasteiger partial charge in [-0.05, 0) is 32.3 Å². The number of fused-ring (bicyclic) bond motifs is 1. The van der Waals surface area contributed by atoms with E-state index < -0.39 is 11.7 Å². The predicted octanol–water partition coefficient (Wildman–Crippen LogP) is 4.19. The minimum absolute atomic E-state index is 0.0236. The fraction of sp³-hybridized carbons (Fsp3) is 0.450. The van der Waals surface area contributed by atoms with Crippen molar-refractivity contribution in [3.8, 4) is 0 Å². The van der Waals surface area contributed by atoms with E-state index >= 15 is 0 Å². The van der Waals surface area contributed by atoms with Crippen LogP contribution in [0.15, 0.2) is 23.5 Å². The molecule has 0 bridgehead atoms. The normalized spacial score (nSPS) is 18.5. The molecule has 0 saturated heterocycles. The number of alkyl halides is 3. The molecular weight excluding hydrogens is 367 g/mol. The largest absolute Gasteiger partial charge is 0.417 e. The molecule has 5 nitrogen and oxygen atoms in total. The van der Waals surface area contributed by atoms with Gasteiger partial charge < -0.3 is 10.6 Å². The van der Waals surface area contributed by atoms with Crippen molar-refractivity contribution in [1.82, 2.24) is 20.3 Å². The van der Waals surface area contributed by atoms with E-state index in [1.807, 2.05) is 0 Å². The molecule has 1 aliphatic carbocycles. The number of hydrogen-bond acceptors (Lipinski definition) is 5. The molecule has 0 amide bonds. The Morgan fingerprint density at radius 3 is 2.75 bits per heavy atom. The molecule has 1 fully saturated rings. The molecule has 2 N–H and O–H groups in total. The first-order valence-corrected chi connectivity index (χ1v) is 9.37. The third-order valence-corrected chi connectivity index (χ3v) is 5.18. The lowest BCUT2D eigenvalue weighted by Gasteiger charge is -2.18. The molecule has 0 unspecified atom stereocenters. The first kappa shape index (κ1) is 18.5. The van der Waals surface area contributed by atoms with Crippen molar-refractivity contribution >= 4 is 22.3 Å². The molecule has 0 aromatic carbocycles. The molecule has 0 atom stereocenters. The van der Waals surface area contributed by atoms with Crippen LogP contribution >= 0.6 is 0 Å². The zero-order valence-electron chi connectivity index (χ0n) is 15.5. The number of rotatable bonds is 3. The van der Waals surface area contributed by atoms with Gasteiger partial charge in [-0.2, -0.15) is 13.2 Å². The first-order valence-electron chi connectivity index (χ1n) is 9.37. The molecule has 28 heavy (non-hydrogen) atoms. The van der Waals surface area contributed by atoms with Crippen LogP contribution in [0.3, 0.4) is 0 Å². The average Bonchev–Trinajstić information content (AvgIpc) is 3.07. The van der Waals surface area contributed by atoms with Crippen molar-refractivity contribution in [2.45, 2.75) is 51.2 Å². The fourth-order valence-corrected chi connectivity index (χ4v) is 3.80. The van der Waals surface area contributed by atoms with Crippen LogP contribution in [0.5, 0.6) is 0 Å². The van der Waals surface area contributed by atoms with Gasteiger partial charge in [-0.3, -0.25) is 0 Å². The molecule has 2 aliphatic rings. The summed E-state index contributed by atoms with van der Waals surface area (Å²) in [5.41, 5.74) is -0.0211. The summed E-state index contributed by atoms with van der Waals surface area (Å²) in [5, 5.41) is 6.89. The van der Waals surface area contributed by atoms with Crippen LogP contribution in [0.4, 0.5) is 19.0 Å². The van der Waals surface area contributed by atoms with Crippen LogP contribution in [-0.2, 0) is 0 Å². The van der Waals surface area contributed by atoms with Gasteiger partial charge in [0.2, 0.25) is 0 Å². The number of nitrogens with one attached hydrogen (secondary N) is 2. The van der Waals surface area contributed by atoms with Gasteiger partial charge in [0.25, 0.3) is 0 Å². The van der Waals surface area contributed by atoms with Crippen LogP contribution in [0.2, 0.25) is 0 Å². The molecule has 2 aromatic rings.